The second kappa shape index (κ2) is 13.5. The van der Waals surface area contributed by atoms with Gasteiger partial charge < -0.3 is 15.5 Å². The van der Waals surface area contributed by atoms with Crippen LogP contribution >= 0.6 is 0 Å². The number of sulfone groups is 1. The Morgan fingerprint density at radius 2 is 1.54 bits per heavy atom. The summed E-state index contributed by atoms with van der Waals surface area (Å²) in [4.78, 5) is 28.8. The van der Waals surface area contributed by atoms with E-state index in [4.69, 9.17) is 0 Å². The van der Waals surface area contributed by atoms with Crippen molar-refractivity contribution in [2.75, 3.05) is 25.4 Å². The number of carbonyl (C=O) groups is 2. The van der Waals surface area contributed by atoms with Gasteiger partial charge in [0.05, 0.1) is 28.3 Å². The minimum absolute atomic E-state index is 0.00842. The molecular weight excluding hydrogens is 660 g/mol. The Balaban J connectivity index is 1.34. The van der Waals surface area contributed by atoms with Gasteiger partial charge in [0.15, 0.2) is 9.84 Å². The van der Waals surface area contributed by atoms with Gasteiger partial charge in [0, 0.05) is 30.7 Å². The number of alkyl halides is 6. The van der Waals surface area contributed by atoms with E-state index in [1.165, 1.54) is 18.2 Å². The Hall–Kier alpha value is -3.91. The average Bonchev–Trinajstić information content (AvgIpc) is 3.58. The number of hydrogen-bond donors (Lipinski definition) is 2. The third-order valence-electron chi connectivity index (χ3n) is 9.24. The highest BCUT2D eigenvalue weighted by atomic mass is 32.2. The molecule has 48 heavy (non-hydrogen) atoms. The molecule has 0 radical (unpaired) electrons. The second-order valence-corrected chi connectivity index (χ2v) is 14.7. The van der Waals surface area contributed by atoms with Crippen LogP contribution in [0.25, 0.3) is 11.1 Å². The van der Waals surface area contributed by atoms with Crippen molar-refractivity contribution in [3.05, 3.63) is 89.5 Å². The Bertz CT molecular complexity index is 1760. The molecule has 3 aromatic carbocycles. The molecule has 258 valence electrons. The molecule has 1 aliphatic carbocycles. The van der Waals surface area contributed by atoms with E-state index in [1.54, 1.807) is 18.2 Å². The summed E-state index contributed by atoms with van der Waals surface area (Å²) in [6.45, 7) is 4.86. The molecule has 2 amide bonds. The third-order valence-corrected chi connectivity index (χ3v) is 11.1. The molecule has 0 aromatic heterocycles. The average molecular weight is 696 g/mol. The van der Waals surface area contributed by atoms with Gasteiger partial charge in [0.25, 0.3) is 5.91 Å². The van der Waals surface area contributed by atoms with Crippen LogP contribution in [-0.2, 0) is 27.0 Å². The Kier molecular flexibility index (Phi) is 9.98. The van der Waals surface area contributed by atoms with E-state index in [0.717, 1.165) is 30.8 Å². The lowest BCUT2D eigenvalue weighted by Crippen LogP contribution is -2.46. The van der Waals surface area contributed by atoms with Crippen molar-refractivity contribution < 1.29 is 44.3 Å². The Morgan fingerprint density at radius 1 is 0.875 bits per heavy atom. The summed E-state index contributed by atoms with van der Waals surface area (Å²) >= 11 is 0. The van der Waals surface area contributed by atoms with E-state index in [-0.39, 0.29) is 39.7 Å². The zero-order valence-corrected chi connectivity index (χ0v) is 26.9. The largest absolute Gasteiger partial charge is 0.416 e. The van der Waals surface area contributed by atoms with Crippen LogP contribution in [-0.4, -0.2) is 62.6 Å². The smallest absolute Gasteiger partial charge is 0.352 e. The number of benzene rings is 3. The number of rotatable bonds is 9. The van der Waals surface area contributed by atoms with Crippen LogP contribution in [0.3, 0.4) is 0 Å². The van der Waals surface area contributed by atoms with Crippen LogP contribution in [0.2, 0.25) is 0 Å². The summed E-state index contributed by atoms with van der Waals surface area (Å²) in [5.41, 5.74) is -3.12. The highest BCUT2D eigenvalue weighted by molar-refractivity contribution is 7.91. The molecule has 1 saturated carbocycles. The third kappa shape index (κ3) is 7.86. The molecule has 0 bridgehead atoms. The molecule has 2 N–H and O–H groups in total. The quantitative estimate of drug-likeness (QED) is 0.266. The molecular formula is C34H35F6N3O4S. The number of amides is 2. The lowest BCUT2D eigenvalue weighted by molar-refractivity contribution is -0.138. The van der Waals surface area contributed by atoms with Gasteiger partial charge in [0.1, 0.15) is 0 Å². The summed E-state index contributed by atoms with van der Waals surface area (Å²) in [6.07, 6.45) is -9.07. The number of carbonyl (C=O) groups excluding carboxylic acids is 2. The fourth-order valence-corrected chi connectivity index (χ4v) is 8.56. The van der Waals surface area contributed by atoms with Crippen molar-refractivity contribution in [1.29, 1.82) is 0 Å². The molecule has 14 heteroatoms. The maximum atomic E-state index is 13.6. The van der Waals surface area contributed by atoms with Crippen molar-refractivity contribution in [3.8, 4) is 11.1 Å². The first-order valence-electron chi connectivity index (χ1n) is 15.4. The molecule has 1 unspecified atom stereocenters. The van der Waals surface area contributed by atoms with E-state index >= 15 is 0 Å². The maximum Gasteiger partial charge on any atom is 0.416 e. The predicted molar refractivity (Wildman–Crippen MR) is 166 cm³/mol. The Labute approximate surface area is 274 Å². The zero-order valence-electron chi connectivity index (χ0n) is 26.1. The molecule has 2 fully saturated rings. The highest BCUT2D eigenvalue weighted by Crippen LogP contribution is 2.44. The van der Waals surface area contributed by atoms with Gasteiger partial charge in [-0.15, -0.1) is 0 Å². The summed E-state index contributed by atoms with van der Waals surface area (Å²) in [5.74, 6) is -2.29. The normalized spacial score (nSPS) is 21.7. The first-order valence-corrected chi connectivity index (χ1v) is 17.1. The summed E-state index contributed by atoms with van der Waals surface area (Å²) in [7, 11) is -3.71. The van der Waals surface area contributed by atoms with Gasteiger partial charge in [-0.3, -0.25) is 9.59 Å². The monoisotopic (exact) mass is 695 g/mol. The molecule has 1 saturated heterocycles. The van der Waals surface area contributed by atoms with Gasteiger partial charge in [0.2, 0.25) is 5.91 Å². The predicted octanol–water partition coefficient (Wildman–Crippen LogP) is 6.06. The van der Waals surface area contributed by atoms with Crippen molar-refractivity contribution >= 4 is 21.7 Å². The van der Waals surface area contributed by atoms with Gasteiger partial charge in [-0.1, -0.05) is 36.4 Å². The van der Waals surface area contributed by atoms with Crippen LogP contribution in [0.5, 0.6) is 0 Å². The lowest BCUT2D eigenvalue weighted by Gasteiger charge is -2.28. The molecule has 7 nitrogen and oxygen atoms in total. The van der Waals surface area contributed by atoms with Crippen molar-refractivity contribution in [2.24, 2.45) is 17.8 Å². The van der Waals surface area contributed by atoms with Gasteiger partial charge in [-0.05, 0) is 85.5 Å². The molecule has 4 atom stereocenters. The molecule has 3 aromatic rings. The van der Waals surface area contributed by atoms with Gasteiger partial charge >= 0.3 is 12.4 Å². The fourth-order valence-electron chi connectivity index (χ4n) is 6.81. The topological polar surface area (TPSA) is 95.6 Å². The summed E-state index contributed by atoms with van der Waals surface area (Å²) in [6, 6.07) is 13.7. The number of fused-ring (bicyclic) bond motifs is 1. The molecule has 0 spiro atoms. The highest BCUT2D eigenvalue weighted by Gasteiger charge is 2.50. The van der Waals surface area contributed by atoms with E-state index in [2.05, 4.69) is 29.4 Å². The fraction of sp³-hybridized carbons (Fsp3) is 0.412. The number of nitrogens with zero attached hydrogens (tertiary/aromatic N) is 1. The number of hydrogen-bond acceptors (Lipinski definition) is 5. The summed E-state index contributed by atoms with van der Waals surface area (Å²) < 4.78 is 108. The SMILES string of the molecule is CC(C)N1C[C@@H]2C[C@H](NC(=O)CNC(=O)c3cc(C(F)(F)F)ccc3-c3cccc(C(F)(F)F)c3)C(CS(=O)(=O)c3ccccc3)[C@@H]2C1. The van der Waals surface area contributed by atoms with Crippen molar-refractivity contribution in [2.45, 2.75) is 49.6 Å². The first kappa shape index (κ1) is 35.4. The minimum atomic E-state index is -4.85. The Morgan fingerprint density at radius 3 is 2.19 bits per heavy atom. The first-order chi connectivity index (χ1) is 22.4. The molecule has 5 rings (SSSR count). The second-order valence-electron chi connectivity index (χ2n) is 12.7. The molecule has 1 aliphatic heterocycles. The maximum absolute atomic E-state index is 13.6. The number of nitrogens with one attached hydrogen (secondary N) is 2. The van der Waals surface area contributed by atoms with Gasteiger partial charge in [-0.2, -0.15) is 26.3 Å². The number of halogens is 6. The lowest BCUT2D eigenvalue weighted by atomic mass is 9.93. The van der Waals surface area contributed by atoms with E-state index < -0.39 is 69.2 Å². The van der Waals surface area contributed by atoms with E-state index in [1.807, 2.05) is 0 Å². The molecule has 2 aliphatic rings. The standard InChI is InChI=1S/C34H35F6N3O4S/c1-20(2)43-17-22-14-30(29(28(22)18-43)19-48(46,47)25-9-4-3-5-10-25)42-31(44)16-41-32(45)27-15-24(34(38,39)40)11-12-26(27)21-7-6-8-23(13-21)33(35,36)37/h3-13,15,20,22,28-30H,14,16-19H2,1-2H3,(H,41,45)(H,42,44)/t22-,28+,29?,30-/m0/s1. The minimum Gasteiger partial charge on any atom is -0.352 e. The summed E-state index contributed by atoms with van der Waals surface area (Å²) in [5, 5.41) is 5.15. The van der Waals surface area contributed by atoms with Crippen LogP contribution in [0.4, 0.5) is 26.3 Å². The van der Waals surface area contributed by atoms with Crippen LogP contribution < -0.4 is 10.6 Å². The van der Waals surface area contributed by atoms with Crippen LogP contribution in [0.1, 0.15) is 41.8 Å². The van der Waals surface area contributed by atoms with E-state index in [0.29, 0.717) is 25.1 Å². The van der Waals surface area contributed by atoms with Crippen molar-refractivity contribution in [1.82, 2.24) is 15.5 Å². The van der Waals surface area contributed by atoms with Crippen LogP contribution in [0, 0.1) is 17.8 Å². The van der Waals surface area contributed by atoms with Crippen molar-refractivity contribution in [3.63, 3.8) is 0 Å². The van der Waals surface area contributed by atoms with Gasteiger partial charge in [-0.25, -0.2) is 8.42 Å². The van der Waals surface area contributed by atoms with E-state index in [9.17, 15) is 44.3 Å². The number of likely N-dealkylation sites (tertiary alicyclic amines) is 1. The molecule has 1 heterocycles. The zero-order chi connectivity index (χ0) is 35.0. The van der Waals surface area contributed by atoms with Crippen LogP contribution in [0.15, 0.2) is 77.7 Å².